The maximum absolute atomic E-state index is 10.5. The molecular formula is C8H5NO3S. The van der Waals surface area contributed by atoms with Crippen LogP contribution in [0.5, 0.6) is 0 Å². The van der Waals surface area contributed by atoms with E-state index >= 15 is 0 Å². The molecule has 0 aliphatic carbocycles. The van der Waals surface area contributed by atoms with Gasteiger partial charge in [0.05, 0.1) is 12.5 Å². The summed E-state index contributed by atoms with van der Waals surface area (Å²) in [5.74, 6) is -0.368. The molecule has 4 nitrogen and oxygen atoms in total. The van der Waals surface area contributed by atoms with Gasteiger partial charge in [-0.3, -0.25) is 0 Å². The molecule has 5 heteroatoms. The van der Waals surface area contributed by atoms with Crippen molar-refractivity contribution >= 4 is 17.3 Å². The third-order valence-electron chi connectivity index (χ3n) is 1.45. The number of carbonyl (C=O) groups is 1. The van der Waals surface area contributed by atoms with Crippen LogP contribution in [0.3, 0.4) is 0 Å². The number of carboxylic acids is 1. The van der Waals surface area contributed by atoms with E-state index in [0.29, 0.717) is 10.8 Å². The first kappa shape index (κ1) is 8.00. The highest BCUT2D eigenvalue weighted by atomic mass is 32.1. The molecule has 0 spiro atoms. The molecule has 0 saturated heterocycles. The zero-order valence-corrected chi connectivity index (χ0v) is 7.25. The van der Waals surface area contributed by atoms with Crippen molar-refractivity contribution in [2.75, 3.05) is 0 Å². The minimum absolute atomic E-state index is 0.214. The van der Waals surface area contributed by atoms with E-state index in [2.05, 4.69) is 4.98 Å². The van der Waals surface area contributed by atoms with Gasteiger partial charge in [0.25, 0.3) is 0 Å². The highest BCUT2D eigenvalue weighted by molar-refractivity contribution is 7.16. The van der Waals surface area contributed by atoms with E-state index < -0.39 is 5.97 Å². The largest absolute Gasteiger partial charge is 0.477 e. The van der Waals surface area contributed by atoms with E-state index in [-0.39, 0.29) is 4.88 Å². The molecule has 2 aromatic heterocycles. The second-order valence-corrected chi connectivity index (χ2v) is 3.34. The second-order valence-electron chi connectivity index (χ2n) is 2.31. The highest BCUT2D eigenvalue weighted by Gasteiger charge is 2.10. The molecule has 0 fully saturated rings. The van der Waals surface area contributed by atoms with Crippen molar-refractivity contribution in [1.82, 2.24) is 4.98 Å². The van der Waals surface area contributed by atoms with E-state index in [1.807, 2.05) is 0 Å². The van der Waals surface area contributed by atoms with Gasteiger partial charge in [-0.15, -0.1) is 11.3 Å². The van der Waals surface area contributed by atoms with Crippen LogP contribution in [0.25, 0.3) is 10.8 Å². The van der Waals surface area contributed by atoms with E-state index in [1.165, 1.54) is 12.5 Å². The van der Waals surface area contributed by atoms with E-state index in [4.69, 9.17) is 9.52 Å². The number of rotatable bonds is 2. The highest BCUT2D eigenvalue weighted by Crippen LogP contribution is 2.24. The van der Waals surface area contributed by atoms with Crippen LogP contribution in [0.4, 0.5) is 0 Å². The predicted octanol–water partition coefficient (Wildman–Crippen LogP) is 2.10. The van der Waals surface area contributed by atoms with Crippen LogP contribution in [-0.4, -0.2) is 16.1 Å². The van der Waals surface area contributed by atoms with Gasteiger partial charge >= 0.3 is 5.97 Å². The lowest BCUT2D eigenvalue weighted by Crippen LogP contribution is -1.89. The van der Waals surface area contributed by atoms with Crippen LogP contribution in [0, 0.1) is 0 Å². The van der Waals surface area contributed by atoms with Gasteiger partial charge in [-0.1, -0.05) is 0 Å². The Hall–Kier alpha value is -1.62. The van der Waals surface area contributed by atoms with Gasteiger partial charge < -0.3 is 9.52 Å². The molecule has 0 bridgehead atoms. The summed E-state index contributed by atoms with van der Waals surface area (Å²) in [6, 6.07) is 3.47. The standard InChI is InChI=1S/C8H5NO3S/c10-8(11)6-4-9-7(13-6)5-2-1-3-12-5/h1-4H,(H,10,11). The van der Waals surface area contributed by atoms with Crippen molar-refractivity contribution in [1.29, 1.82) is 0 Å². The smallest absolute Gasteiger partial charge is 0.347 e. The van der Waals surface area contributed by atoms with Gasteiger partial charge in [0.1, 0.15) is 4.88 Å². The Morgan fingerprint density at radius 3 is 3.00 bits per heavy atom. The molecule has 2 heterocycles. The predicted molar refractivity (Wildman–Crippen MR) is 46.8 cm³/mol. The van der Waals surface area contributed by atoms with Gasteiger partial charge in [0.2, 0.25) is 0 Å². The van der Waals surface area contributed by atoms with Crippen molar-refractivity contribution in [3.05, 3.63) is 29.5 Å². The maximum atomic E-state index is 10.5. The SMILES string of the molecule is O=C(O)c1cnc(-c2ccco2)s1. The first-order chi connectivity index (χ1) is 6.27. The van der Waals surface area contributed by atoms with Crippen LogP contribution in [-0.2, 0) is 0 Å². The normalized spacial score (nSPS) is 10.2. The summed E-state index contributed by atoms with van der Waals surface area (Å²) < 4.78 is 5.07. The number of carboxylic acid groups (broad SMARTS) is 1. The molecule has 0 aliphatic heterocycles. The number of hydrogen-bond acceptors (Lipinski definition) is 4. The molecule has 0 amide bonds. The fourth-order valence-corrected chi connectivity index (χ4v) is 1.61. The topological polar surface area (TPSA) is 63.3 Å². The Labute approximate surface area is 77.5 Å². The summed E-state index contributed by atoms with van der Waals surface area (Å²) in [5, 5.41) is 9.22. The summed E-state index contributed by atoms with van der Waals surface area (Å²) >= 11 is 1.09. The van der Waals surface area contributed by atoms with Crippen LogP contribution in [0.1, 0.15) is 9.67 Å². The number of thiazole rings is 1. The third kappa shape index (κ3) is 1.46. The van der Waals surface area contributed by atoms with E-state index in [0.717, 1.165) is 11.3 Å². The van der Waals surface area contributed by atoms with Crippen LogP contribution in [0.2, 0.25) is 0 Å². The van der Waals surface area contributed by atoms with Gasteiger partial charge in [-0.25, -0.2) is 9.78 Å². The summed E-state index contributed by atoms with van der Waals surface area (Å²) in [4.78, 5) is 14.7. The zero-order valence-electron chi connectivity index (χ0n) is 6.43. The van der Waals surface area contributed by atoms with Crippen LogP contribution >= 0.6 is 11.3 Å². The lowest BCUT2D eigenvalue weighted by Gasteiger charge is -1.84. The second kappa shape index (κ2) is 3.02. The molecule has 13 heavy (non-hydrogen) atoms. The lowest BCUT2D eigenvalue weighted by molar-refractivity contribution is 0.0702. The summed E-state index contributed by atoms with van der Waals surface area (Å²) in [6.07, 6.45) is 2.85. The first-order valence-corrected chi connectivity index (χ1v) is 4.32. The quantitative estimate of drug-likeness (QED) is 0.797. The molecule has 0 saturated carbocycles. The molecule has 0 aliphatic rings. The molecule has 1 N–H and O–H groups in total. The molecule has 0 radical (unpaired) electrons. The van der Waals surface area contributed by atoms with Crippen LogP contribution in [0.15, 0.2) is 29.0 Å². The zero-order chi connectivity index (χ0) is 9.26. The molecule has 0 aromatic carbocycles. The van der Waals surface area contributed by atoms with Crippen molar-refractivity contribution < 1.29 is 14.3 Å². The van der Waals surface area contributed by atoms with Crippen molar-refractivity contribution in [3.63, 3.8) is 0 Å². The fraction of sp³-hybridized carbons (Fsp3) is 0. The van der Waals surface area contributed by atoms with Gasteiger partial charge in [0.15, 0.2) is 10.8 Å². The van der Waals surface area contributed by atoms with Gasteiger partial charge in [0, 0.05) is 0 Å². The van der Waals surface area contributed by atoms with Crippen molar-refractivity contribution in [3.8, 4) is 10.8 Å². The minimum Gasteiger partial charge on any atom is -0.477 e. The number of nitrogens with zero attached hydrogens (tertiary/aromatic N) is 1. The Morgan fingerprint density at radius 2 is 2.46 bits per heavy atom. The third-order valence-corrected chi connectivity index (χ3v) is 2.45. The maximum Gasteiger partial charge on any atom is 0.347 e. The van der Waals surface area contributed by atoms with Crippen molar-refractivity contribution in [2.24, 2.45) is 0 Å². The molecule has 66 valence electrons. The van der Waals surface area contributed by atoms with Gasteiger partial charge in [-0.2, -0.15) is 0 Å². The minimum atomic E-state index is -0.963. The number of furan rings is 1. The van der Waals surface area contributed by atoms with Crippen molar-refractivity contribution in [2.45, 2.75) is 0 Å². The average molecular weight is 195 g/mol. The summed E-state index contributed by atoms with van der Waals surface area (Å²) in [7, 11) is 0. The lowest BCUT2D eigenvalue weighted by atomic mass is 10.5. The van der Waals surface area contributed by atoms with E-state index in [9.17, 15) is 4.79 Å². The molecular weight excluding hydrogens is 190 g/mol. The summed E-state index contributed by atoms with van der Waals surface area (Å²) in [6.45, 7) is 0. The Balaban J connectivity index is 2.39. The monoisotopic (exact) mass is 195 g/mol. The Morgan fingerprint density at radius 1 is 1.62 bits per heavy atom. The Kier molecular flexibility index (Phi) is 1.86. The molecule has 0 atom stereocenters. The molecule has 2 rings (SSSR count). The fourth-order valence-electron chi connectivity index (χ4n) is 0.887. The molecule has 2 aromatic rings. The number of hydrogen-bond donors (Lipinski definition) is 1. The average Bonchev–Trinajstić information content (AvgIpc) is 2.75. The van der Waals surface area contributed by atoms with E-state index in [1.54, 1.807) is 12.1 Å². The molecule has 0 unspecified atom stereocenters. The van der Waals surface area contributed by atoms with Crippen LogP contribution < -0.4 is 0 Å². The first-order valence-electron chi connectivity index (χ1n) is 3.50. The Bertz CT molecular complexity index is 418. The summed E-state index contributed by atoms with van der Waals surface area (Å²) in [5.41, 5.74) is 0. The number of aromatic nitrogens is 1. The number of aromatic carboxylic acids is 1. The van der Waals surface area contributed by atoms with Gasteiger partial charge in [-0.05, 0) is 12.1 Å².